The summed E-state index contributed by atoms with van der Waals surface area (Å²) in [6, 6.07) is 13.6. The molecule has 0 fully saturated rings. The zero-order valence-electron chi connectivity index (χ0n) is 11.6. The molecule has 0 spiro atoms. The molecule has 0 aliphatic carbocycles. The number of aromatic hydroxyl groups is 1. The van der Waals surface area contributed by atoms with E-state index in [0.29, 0.717) is 17.0 Å². The molecule has 0 saturated carbocycles. The Balaban J connectivity index is 1.97. The van der Waals surface area contributed by atoms with Crippen molar-refractivity contribution in [1.82, 2.24) is 9.97 Å². The van der Waals surface area contributed by atoms with Gasteiger partial charge in [0.25, 0.3) is 0 Å². The Kier molecular flexibility index (Phi) is 3.53. The number of amides is 1. The van der Waals surface area contributed by atoms with E-state index in [1.54, 1.807) is 60.9 Å². The molecule has 0 bridgehead atoms. The van der Waals surface area contributed by atoms with Crippen LogP contribution in [0.25, 0.3) is 22.5 Å². The van der Waals surface area contributed by atoms with E-state index in [-0.39, 0.29) is 5.75 Å². The fraction of sp³-hybridized carbons (Fsp3) is 0. The molecule has 3 N–H and O–H groups in total. The van der Waals surface area contributed by atoms with Crippen molar-refractivity contribution in [3.05, 3.63) is 66.5 Å². The summed E-state index contributed by atoms with van der Waals surface area (Å²) in [5, 5.41) is 9.33. The first-order valence-corrected chi connectivity index (χ1v) is 6.65. The zero-order valence-corrected chi connectivity index (χ0v) is 11.6. The Labute approximate surface area is 127 Å². The van der Waals surface area contributed by atoms with Gasteiger partial charge >= 0.3 is 0 Å². The maximum Gasteiger partial charge on any atom is 0.248 e. The summed E-state index contributed by atoms with van der Waals surface area (Å²) < 4.78 is 0. The number of nitrogens with zero attached hydrogens (tertiary/aromatic N) is 2. The molecule has 1 heterocycles. The van der Waals surface area contributed by atoms with Crippen molar-refractivity contribution >= 4 is 5.91 Å². The second kappa shape index (κ2) is 5.65. The minimum absolute atomic E-state index is 0.204. The molecule has 0 saturated heterocycles. The molecular formula is C17H13N3O2. The minimum atomic E-state index is -0.463. The molecule has 0 radical (unpaired) electrons. The smallest absolute Gasteiger partial charge is 0.248 e. The van der Waals surface area contributed by atoms with E-state index in [2.05, 4.69) is 9.97 Å². The third-order valence-electron chi connectivity index (χ3n) is 3.26. The lowest BCUT2D eigenvalue weighted by molar-refractivity contribution is 0.100. The van der Waals surface area contributed by atoms with Crippen LogP contribution in [-0.2, 0) is 0 Å². The Morgan fingerprint density at radius 2 is 1.36 bits per heavy atom. The topological polar surface area (TPSA) is 89.1 Å². The summed E-state index contributed by atoms with van der Waals surface area (Å²) in [4.78, 5) is 19.8. The molecule has 2 aromatic carbocycles. The zero-order chi connectivity index (χ0) is 15.5. The largest absolute Gasteiger partial charge is 0.508 e. The second-order valence-electron chi connectivity index (χ2n) is 4.78. The van der Waals surface area contributed by atoms with Crippen LogP contribution < -0.4 is 5.73 Å². The van der Waals surface area contributed by atoms with Crippen LogP contribution in [0.4, 0.5) is 0 Å². The number of nitrogens with two attached hydrogens (primary N) is 1. The molecule has 1 amide bonds. The van der Waals surface area contributed by atoms with Gasteiger partial charge in [-0.05, 0) is 36.4 Å². The number of phenols is 1. The number of hydrogen-bond acceptors (Lipinski definition) is 4. The fourth-order valence-electron chi connectivity index (χ4n) is 2.08. The first kappa shape index (κ1) is 13.8. The lowest BCUT2D eigenvalue weighted by Crippen LogP contribution is -2.10. The predicted octanol–water partition coefficient (Wildman–Crippen LogP) is 2.62. The highest BCUT2D eigenvalue weighted by atomic mass is 16.3. The van der Waals surface area contributed by atoms with Gasteiger partial charge in [0.2, 0.25) is 5.91 Å². The standard InChI is InChI=1S/C17H13N3O2/c18-17(22)13-3-1-11(2-4-13)15-9-19-10-16(20-15)12-5-7-14(21)8-6-12/h1-10,21H,(H2,18,22). The monoisotopic (exact) mass is 291 g/mol. The summed E-state index contributed by atoms with van der Waals surface area (Å²) in [6.45, 7) is 0. The highest BCUT2D eigenvalue weighted by molar-refractivity contribution is 5.93. The number of rotatable bonds is 3. The lowest BCUT2D eigenvalue weighted by Gasteiger charge is -2.05. The highest BCUT2D eigenvalue weighted by Gasteiger charge is 2.06. The van der Waals surface area contributed by atoms with Gasteiger partial charge in [0.1, 0.15) is 5.75 Å². The average molecular weight is 291 g/mol. The molecule has 3 rings (SSSR count). The van der Waals surface area contributed by atoms with E-state index in [1.807, 2.05) is 0 Å². The number of phenolic OH excluding ortho intramolecular Hbond substituents is 1. The van der Waals surface area contributed by atoms with Crippen molar-refractivity contribution in [2.75, 3.05) is 0 Å². The van der Waals surface area contributed by atoms with Gasteiger partial charge in [-0.2, -0.15) is 0 Å². The lowest BCUT2D eigenvalue weighted by atomic mass is 10.1. The van der Waals surface area contributed by atoms with Crippen LogP contribution in [0.3, 0.4) is 0 Å². The number of carbonyl (C=O) groups is 1. The van der Waals surface area contributed by atoms with E-state index < -0.39 is 5.91 Å². The van der Waals surface area contributed by atoms with Crippen molar-refractivity contribution in [2.24, 2.45) is 5.73 Å². The van der Waals surface area contributed by atoms with Crippen molar-refractivity contribution in [2.45, 2.75) is 0 Å². The molecule has 3 aromatic rings. The number of benzene rings is 2. The predicted molar refractivity (Wildman–Crippen MR) is 83.1 cm³/mol. The van der Waals surface area contributed by atoms with Crippen molar-refractivity contribution in [1.29, 1.82) is 0 Å². The van der Waals surface area contributed by atoms with Crippen molar-refractivity contribution in [3.63, 3.8) is 0 Å². The van der Waals surface area contributed by atoms with Crippen LogP contribution in [0, 0.1) is 0 Å². The van der Waals surface area contributed by atoms with Gasteiger partial charge in [0, 0.05) is 16.7 Å². The van der Waals surface area contributed by atoms with E-state index >= 15 is 0 Å². The van der Waals surface area contributed by atoms with Gasteiger partial charge in [-0.1, -0.05) is 12.1 Å². The molecule has 108 valence electrons. The quantitative estimate of drug-likeness (QED) is 0.776. The van der Waals surface area contributed by atoms with Gasteiger partial charge in [-0.25, -0.2) is 4.98 Å². The summed E-state index contributed by atoms with van der Waals surface area (Å²) >= 11 is 0. The van der Waals surface area contributed by atoms with E-state index in [4.69, 9.17) is 5.73 Å². The van der Waals surface area contributed by atoms with Crippen LogP contribution in [0.2, 0.25) is 0 Å². The normalized spacial score (nSPS) is 10.4. The minimum Gasteiger partial charge on any atom is -0.508 e. The van der Waals surface area contributed by atoms with E-state index in [0.717, 1.165) is 11.1 Å². The number of hydrogen-bond donors (Lipinski definition) is 2. The van der Waals surface area contributed by atoms with Crippen molar-refractivity contribution < 1.29 is 9.90 Å². The van der Waals surface area contributed by atoms with Gasteiger partial charge < -0.3 is 10.8 Å². The molecule has 0 atom stereocenters. The molecule has 0 aliphatic heterocycles. The molecule has 0 aliphatic rings. The van der Waals surface area contributed by atoms with Gasteiger partial charge in [-0.3, -0.25) is 9.78 Å². The Hall–Kier alpha value is -3.21. The molecule has 5 heteroatoms. The van der Waals surface area contributed by atoms with Crippen LogP contribution >= 0.6 is 0 Å². The fourth-order valence-corrected chi connectivity index (χ4v) is 2.08. The molecular weight excluding hydrogens is 278 g/mol. The first-order chi connectivity index (χ1) is 10.6. The number of aromatic nitrogens is 2. The molecule has 1 aromatic heterocycles. The third-order valence-corrected chi connectivity index (χ3v) is 3.26. The van der Waals surface area contributed by atoms with E-state index in [1.165, 1.54) is 0 Å². The van der Waals surface area contributed by atoms with Crippen molar-refractivity contribution in [3.8, 4) is 28.3 Å². The first-order valence-electron chi connectivity index (χ1n) is 6.65. The van der Waals surface area contributed by atoms with Gasteiger partial charge in [0.15, 0.2) is 0 Å². The number of carbonyl (C=O) groups excluding carboxylic acids is 1. The molecule has 0 unspecified atom stereocenters. The molecule has 22 heavy (non-hydrogen) atoms. The van der Waals surface area contributed by atoms with Gasteiger partial charge in [-0.15, -0.1) is 0 Å². The van der Waals surface area contributed by atoms with Crippen LogP contribution in [-0.4, -0.2) is 21.0 Å². The maximum atomic E-state index is 11.1. The highest BCUT2D eigenvalue weighted by Crippen LogP contribution is 2.23. The summed E-state index contributed by atoms with van der Waals surface area (Å²) in [6.07, 6.45) is 3.32. The number of primary amides is 1. The van der Waals surface area contributed by atoms with Crippen LogP contribution in [0.1, 0.15) is 10.4 Å². The average Bonchev–Trinajstić information content (AvgIpc) is 2.56. The maximum absolute atomic E-state index is 11.1. The van der Waals surface area contributed by atoms with E-state index in [9.17, 15) is 9.90 Å². The Bertz CT molecular complexity index is 812. The molecule has 5 nitrogen and oxygen atoms in total. The van der Waals surface area contributed by atoms with Gasteiger partial charge in [0.05, 0.1) is 23.8 Å². The summed E-state index contributed by atoms with van der Waals surface area (Å²) in [5.74, 6) is -0.259. The summed E-state index contributed by atoms with van der Waals surface area (Å²) in [5.41, 5.74) is 8.79. The third kappa shape index (κ3) is 2.78. The SMILES string of the molecule is NC(=O)c1ccc(-c2cncc(-c3ccc(O)cc3)n2)cc1. The second-order valence-corrected chi connectivity index (χ2v) is 4.78. The van der Waals surface area contributed by atoms with Crippen LogP contribution in [0.15, 0.2) is 60.9 Å². The van der Waals surface area contributed by atoms with Crippen LogP contribution in [0.5, 0.6) is 5.75 Å². The summed E-state index contributed by atoms with van der Waals surface area (Å²) in [7, 11) is 0. The Morgan fingerprint density at radius 3 is 1.86 bits per heavy atom. The Morgan fingerprint density at radius 1 is 0.864 bits per heavy atom.